The number of nitrogens with zero attached hydrogens (tertiary/aromatic N) is 4. The summed E-state index contributed by atoms with van der Waals surface area (Å²) < 4.78 is 5.70. The lowest BCUT2D eigenvalue weighted by atomic mass is 10.2. The fourth-order valence-corrected chi connectivity index (χ4v) is 2.50. The number of aromatic nitrogens is 2. The maximum atomic E-state index is 12.3. The molecule has 0 radical (unpaired) electrons. The highest BCUT2D eigenvalue weighted by molar-refractivity contribution is 5.82. The first-order chi connectivity index (χ1) is 13.5. The maximum absolute atomic E-state index is 12.3. The molecule has 0 saturated heterocycles. The summed E-state index contributed by atoms with van der Waals surface area (Å²) in [6.07, 6.45) is 0.164. The molecule has 1 aromatic heterocycles. The molecule has 0 aliphatic heterocycles. The molecule has 1 heterocycles. The van der Waals surface area contributed by atoms with Crippen LogP contribution >= 0.6 is 0 Å². The molecule has 1 N–H and O–H groups in total. The number of fused-ring (bicyclic) bond motifs is 1. The minimum Gasteiger partial charge on any atom is -0.454 e. The van der Waals surface area contributed by atoms with E-state index in [0.717, 1.165) is 4.68 Å². The normalized spacial score (nSPS) is 10.1. The van der Waals surface area contributed by atoms with Gasteiger partial charge in [0.05, 0.1) is 35.8 Å². The van der Waals surface area contributed by atoms with Crippen LogP contribution in [0.4, 0.5) is 0 Å². The summed E-state index contributed by atoms with van der Waals surface area (Å²) in [5.41, 5.74) is -1.10. The first-order valence-corrected chi connectivity index (χ1v) is 8.37. The third-order valence-corrected chi connectivity index (χ3v) is 3.87. The van der Waals surface area contributed by atoms with Gasteiger partial charge in [0.25, 0.3) is 17.0 Å². The monoisotopic (exact) mass is 383 g/mol. The van der Waals surface area contributed by atoms with E-state index in [1.54, 1.807) is 12.1 Å². The molecule has 0 aliphatic carbocycles. The van der Waals surface area contributed by atoms with Gasteiger partial charge in [0.1, 0.15) is 6.54 Å². The minimum atomic E-state index is -0.887. The molecule has 0 aliphatic rings. The van der Waals surface area contributed by atoms with Crippen molar-refractivity contribution >= 4 is 22.6 Å². The van der Waals surface area contributed by atoms with Crippen molar-refractivity contribution in [3.05, 3.63) is 45.0 Å². The van der Waals surface area contributed by atoms with E-state index < -0.39 is 36.1 Å². The third-order valence-electron chi connectivity index (χ3n) is 3.87. The molecule has 2 aromatic rings. The predicted molar refractivity (Wildman–Crippen MR) is 96.8 cm³/mol. The molecule has 0 atom stereocenters. The van der Waals surface area contributed by atoms with Crippen molar-refractivity contribution in [3.63, 3.8) is 0 Å². The number of carbonyl (C=O) groups is 2. The summed E-state index contributed by atoms with van der Waals surface area (Å²) in [7, 11) is 0. The highest BCUT2D eigenvalue weighted by Crippen LogP contribution is 2.02. The van der Waals surface area contributed by atoms with Crippen LogP contribution < -0.4 is 11.1 Å². The lowest BCUT2D eigenvalue weighted by molar-refractivity contribution is -0.152. The Bertz CT molecular complexity index is 1050. The van der Waals surface area contributed by atoms with Crippen LogP contribution in [0.5, 0.6) is 0 Å². The number of benzene rings is 1. The number of H-pyrrole nitrogens is 1. The van der Waals surface area contributed by atoms with E-state index in [2.05, 4.69) is 5.10 Å². The van der Waals surface area contributed by atoms with E-state index in [9.17, 15) is 19.2 Å². The van der Waals surface area contributed by atoms with Gasteiger partial charge >= 0.3 is 5.97 Å². The minimum absolute atomic E-state index is 0.0822. The number of nitriles is 2. The number of carbonyl (C=O) groups excluding carboxylic acids is 2. The van der Waals surface area contributed by atoms with Gasteiger partial charge in [-0.3, -0.25) is 24.3 Å². The van der Waals surface area contributed by atoms with Crippen molar-refractivity contribution in [2.45, 2.75) is 19.4 Å². The zero-order valence-electron chi connectivity index (χ0n) is 14.9. The highest BCUT2D eigenvalue weighted by atomic mass is 16.5. The second-order valence-corrected chi connectivity index (χ2v) is 5.74. The van der Waals surface area contributed by atoms with Gasteiger partial charge in [0.2, 0.25) is 0 Å². The van der Waals surface area contributed by atoms with Crippen LogP contribution in [0.25, 0.3) is 10.8 Å². The topological polar surface area (TPSA) is 149 Å². The number of esters is 1. The average Bonchev–Trinajstić information content (AvgIpc) is 2.70. The van der Waals surface area contributed by atoms with Crippen LogP contribution in [0.1, 0.15) is 12.8 Å². The summed E-state index contributed by atoms with van der Waals surface area (Å²) in [5.74, 6) is -1.44. The van der Waals surface area contributed by atoms with E-state index >= 15 is 0 Å². The molecule has 2 rings (SSSR count). The largest absolute Gasteiger partial charge is 0.454 e. The average molecular weight is 383 g/mol. The molecular formula is C18H17N5O5. The van der Waals surface area contributed by atoms with E-state index in [-0.39, 0.29) is 36.7 Å². The number of rotatable bonds is 8. The summed E-state index contributed by atoms with van der Waals surface area (Å²) in [4.78, 5) is 49.7. The van der Waals surface area contributed by atoms with Crippen molar-refractivity contribution in [1.29, 1.82) is 10.5 Å². The fraction of sp³-hybridized carbons (Fsp3) is 0.333. The van der Waals surface area contributed by atoms with Gasteiger partial charge in [-0.15, -0.1) is 0 Å². The van der Waals surface area contributed by atoms with Gasteiger partial charge in [0, 0.05) is 13.1 Å². The predicted octanol–water partition coefficient (Wildman–Crippen LogP) is -0.111. The third kappa shape index (κ3) is 5.05. The summed E-state index contributed by atoms with van der Waals surface area (Å²) in [6, 6.07) is 9.98. The molecule has 10 heteroatoms. The molecule has 1 aromatic carbocycles. The summed E-state index contributed by atoms with van der Waals surface area (Å²) in [6.45, 7) is -0.928. The molecule has 1 amide bonds. The number of amides is 1. The Morgan fingerprint density at radius 3 is 2.29 bits per heavy atom. The van der Waals surface area contributed by atoms with Crippen LogP contribution in [-0.2, 0) is 20.9 Å². The van der Waals surface area contributed by atoms with Gasteiger partial charge in [-0.2, -0.15) is 10.5 Å². The maximum Gasteiger partial charge on any atom is 0.328 e. The lowest BCUT2D eigenvalue weighted by Gasteiger charge is -2.20. The molecule has 144 valence electrons. The summed E-state index contributed by atoms with van der Waals surface area (Å²) >= 11 is 0. The molecule has 0 fully saturated rings. The Kier molecular flexibility index (Phi) is 7.06. The molecule has 28 heavy (non-hydrogen) atoms. The zero-order chi connectivity index (χ0) is 20.5. The van der Waals surface area contributed by atoms with E-state index in [1.165, 1.54) is 17.0 Å². The molecule has 0 unspecified atom stereocenters. The van der Waals surface area contributed by atoms with Crippen molar-refractivity contribution in [2.75, 3.05) is 19.7 Å². The highest BCUT2D eigenvalue weighted by Gasteiger charge is 2.16. The molecule has 0 spiro atoms. The van der Waals surface area contributed by atoms with E-state index in [0.29, 0.717) is 0 Å². The molecule has 0 saturated carbocycles. The Labute approximate surface area is 159 Å². The number of ether oxygens (including phenoxy) is 1. The molecule has 0 bridgehead atoms. The Hall–Kier alpha value is -3.92. The standard InChI is InChI=1S/C18H17N5O5/c19-7-3-9-22(10-4-8-20)15(24)12-28-16(25)11-23-18(27)14-6-2-1-5-13(14)17(26)21-23/h1-2,5-6H,3-4,9-12H2,(H,21,26). The smallest absolute Gasteiger partial charge is 0.328 e. The van der Waals surface area contributed by atoms with Crippen LogP contribution in [0.2, 0.25) is 0 Å². The van der Waals surface area contributed by atoms with Crippen LogP contribution in [-0.4, -0.2) is 46.3 Å². The Morgan fingerprint density at radius 1 is 1.07 bits per heavy atom. The van der Waals surface area contributed by atoms with Crippen LogP contribution in [0.3, 0.4) is 0 Å². The molecular weight excluding hydrogens is 366 g/mol. The van der Waals surface area contributed by atoms with Crippen molar-refractivity contribution in [2.24, 2.45) is 0 Å². The van der Waals surface area contributed by atoms with Gasteiger partial charge in [-0.05, 0) is 12.1 Å². The first-order valence-electron chi connectivity index (χ1n) is 8.37. The van der Waals surface area contributed by atoms with Crippen molar-refractivity contribution < 1.29 is 14.3 Å². The zero-order valence-corrected chi connectivity index (χ0v) is 14.9. The van der Waals surface area contributed by atoms with Crippen LogP contribution in [0, 0.1) is 22.7 Å². The first kappa shape index (κ1) is 20.4. The van der Waals surface area contributed by atoms with Gasteiger partial charge in [-0.25, -0.2) is 4.68 Å². The number of hydrogen-bond donors (Lipinski definition) is 1. The Morgan fingerprint density at radius 2 is 1.68 bits per heavy atom. The van der Waals surface area contributed by atoms with Gasteiger partial charge < -0.3 is 9.64 Å². The lowest BCUT2D eigenvalue weighted by Crippen LogP contribution is -2.37. The Balaban J connectivity index is 2.03. The number of hydrogen-bond acceptors (Lipinski definition) is 7. The SMILES string of the molecule is N#CCCN(CCC#N)C(=O)COC(=O)Cn1[nH]c(=O)c2ccccc2c1=O. The second-order valence-electron chi connectivity index (χ2n) is 5.74. The second kappa shape index (κ2) is 9.69. The van der Waals surface area contributed by atoms with Crippen molar-refractivity contribution in [1.82, 2.24) is 14.7 Å². The fourth-order valence-electron chi connectivity index (χ4n) is 2.50. The summed E-state index contributed by atoms with van der Waals surface area (Å²) in [5, 5.41) is 19.9. The number of nitrogens with one attached hydrogen (secondary N) is 1. The van der Waals surface area contributed by atoms with E-state index in [4.69, 9.17) is 15.3 Å². The quantitative estimate of drug-likeness (QED) is 0.625. The van der Waals surface area contributed by atoms with Gasteiger partial charge in [0.15, 0.2) is 6.61 Å². The number of aromatic amines is 1. The van der Waals surface area contributed by atoms with Gasteiger partial charge in [-0.1, -0.05) is 12.1 Å². The molecule has 10 nitrogen and oxygen atoms in total. The van der Waals surface area contributed by atoms with Crippen molar-refractivity contribution in [3.8, 4) is 12.1 Å². The van der Waals surface area contributed by atoms with E-state index in [1.807, 2.05) is 12.1 Å². The van der Waals surface area contributed by atoms with Crippen LogP contribution in [0.15, 0.2) is 33.9 Å².